The lowest BCUT2D eigenvalue weighted by Gasteiger charge is -2.31. The summed E-state index contributed by atoms with van der Waals surface area (Å²) in [5, 5.41) is 16.1. The predicted molar refractivity (Wildman–Crippen MR) is 117 cm³/mol. The Labute approximate surface area is 194 Å². The van der Waals surface area contributed by atoms with Crippen molar-refractivity contribution in [2.75, 3.05) is 6.54 Å². The van der Waals surface area contributed by atoms with Crippen molar-refractivity contribution >= 4 is 17.4 Å². The number of fused-ring (bicyclic) bond motifs is 1. The van der Waals surface area contributed by atoms with E-state index in [1.807, 2.05) is 6.92 Å². The number of aromatic nitrogens is 2. The third-order valence-corrected chi connectivity index (χ3v) is 6.26. The Morgan fingerprint density at radius 2 is 2.00 bits per heavy atom. The summed E-state index contributed by atoms with van der Waals surface area (Å²) < 4.78 is 41.6. The van der Waals surface area contributed by atoms with Gasteiger partial charge >= 0.3 is 6.18 Å². The zero-order chi connectivity index (χ0) is 24.6. The molecule has 34 heavy (non-hydrogen) atoms. The number of allylic oxidation sites excluding steroid dienone is 2. The average Bonchev–Trinajstić information content (AvgIpc) is 3.23. The van der Waals surface area contributed by atoms with Gasteiger partial charge in [0.15, 0.2) is 0 Å². The summed E-state index contributed by atoms with van der Waals surface area (Å²) in [7, 11) is 0. The van der Waals surface area contributed by atoms with E-state index in [-0.39, 0.29) is 36.9 Å². The van der Waals surface area contributed by atoms with Gasteiger partial charge in [-0.3, -0.25) is 14.3 Å². The van der Waals surface area contributed by atoms with E-state index in [0.717, 1.165) is 5.56 Å². The third kappa shape index (κ3) is 4.69. The van der Waals surface area contributed by atoms with Crippen LogP contribution in [0.5, 0.6) is 0 Å². The molecule has 1 aliphatic carbocycles. The van der Waals surface area contributed by atoms with Crippen LogP contribution in [0.4, 0.5) is 13.2 Å². The maximum Gasteiger partial charge on any atom is 0.392 e. The molecule has 0 bridgehead atoms. The Morgan fingerprint density at radius 1 is 1.29 bits per heavy atom. The van der Waals surface area contributed by atoms with E-state index >= 15 is 0 Å². The number of amides is 2. The van der Waals surface area contributed by atoms with Gasteiger partial charge in [0.25, 0.3) is 5.91 Å². The van der Waals surface area contributed by atoms with E-state index in [0.29, 0.717) is 35.6 Å². The molecule has 1 aromatic carbocycles. The summed E-state index contributed by atoms with van der Waals surface area (Å²) in [6.07, 6.45) is -4.67. The van der Waals surface area contributed by atoms with Crippen molar-refractivity contribution < 1.29 is 22.8 Å². The van der Waals surface area contributed by atoms with Crippen molar-refractivity contribution in [1.82, 2.24) is 20.0 Å². The van der Waals surface area contributed by atoms with Crippen LogP contribution >= 0.6 is 0 Å². The fourth-order valence-electron chi connectivity index (χ4n) is 4.56. The fraction of sp³-hybridized carbons (Fsp3) is 0.417. The maximum absolute atomic E-state index is 13.3. The van der Waals surface area contributed by atoms with E-state index in [2.05, 4.69) is 16.5 Å². The molecule has 1 aliphatic heterocycles. The first-order chi connectivity index (χ1) is 16.1. The highest BCUT2D eigenvalue weighted by Gasteiger charge is 2.42. The highest BCUT2D eigenvalue weighted by atomic mass is 19.4. The van der Waals surface area contributed by atoms with E-state index in [9.17, 15) is 22.8 Å². The zero-order valence-electron chi connectivity index (χ0n) is 18.8. The van der Waals surface area contributed by atoms with Crippen LogP contribution in [0.15, 0.2) is 36.0 Å². The molecule has 178 valence electrons. The van der Waals surface area contributed by atoms with E-state index in [1.165, 1.54) is 6.92 Å². The fourth-order valence-corrected chi connectivity index (χ4v) is 4.56. The molecule has 2 atom stereocenters. The minimum Gasteiger partial charge on any atom is -0.331 e. The monoisotopic (exact) mass is 471 g/mol. The molecule has 0 spiro atoms. The van der Waals surface area contributed by atoms with Gasteiger partial charge in [-0.1, -0.05) is 12.1 Å². The number of nitrogens with zero attached hydrogens (tertiary/aromatic N) is 4. The highest BCUT2D eigenvalue weighted by molar-refractivity contribution is 5.94. The molecule has 1 N–H and O–H groups in total. The van der Waals surface area contributed by atoms with Gasteiger partial charge in [-0.25, -0.2) is 0 Å². The third-order valence-electron chi connectivity index (χ3n) is 6.26. The minimum absolute atomic E-state index is 0.0988. The van der Waals surface area contributed by atoms with E-state index < -0.39 is 18.0 Å². The summed E-state index contributed by atoms with van der Waals surface area (Å²) in [6, 6.07) is 10.5. The smallest absolute Gasteiger partial charge is 0.331 e. The van der Waals surface area contributed by atoms with Crippen LogP contribution in [-0.2, 0) is 11.3 Å². The first-order valence-corrected chi connectivity index (χ1v) is 11.0. The molecule has 2 unspecified atom stereocenters. The van der Waals surface area contributed by atoms with Crippen LogP contribution in [0.3, 0.4) is 0 Å². The van der Waals surface area contributed by atoms with E-state index in [4.69, 9.17) is 5.26 Å². The van der Waals surface area contributed by atoms with Crippen LogP contribution in [0.25, 0.3) is 5.57 Å². The normalized spacial score (nSPS) is 20.7. The first kappa shape index (κ1) is 23.5. The minimum atomic E-state index is -4.35. The summed E-state index contributed by atoms with van der Waals surface area (Å²) >= 11 is 0. The van der Waals surface area contributed by atoms with Crippen LogP contribution in [-0.4, -0.2) is 39.2 Å². The predicted octanol–water partition coefficient (Wildman–Crippen LogP) is 4.18. The number of alkyl halides is 3. The van der Waals surface area contributed by atoms with Gasteiger partial charge in [0.1, 0.15) is 5.69 Å². The molecule has 0 saturated carbocycles. The van der Waals surface area contributed by atoms with Gasteiger partial charge in [-0.05, 0) is 55.5 Å². The molecule has 7 nitrogen and oxygen atoms in total. The number of halogens is 3. The van der Waals surface area contributed by atoms with Crippen LogP contribution in [0, 0.1) is 17.2 Å². The number of hydrogen-bond acceptors (Lipinski definition) is 4. The first-order valence-electron chi connectivity index (χ1n) is 11.0. The molecule has 10 heteroatoms. The molecule has 2 aliphatic rings. The number of nitrogens with one attached hydrogen (secondary N) is 1. The van der Waals surface area contributed by atoms with Crippen LogP contribution < -0.4 is 5.32 Å². The second-order valence-corrected chi connectivity index (χ2v) is 8.82. The van der Waals surface area contributed by atoms with Gasteiger partial charge in [0.2, 0.25) is 5.91 Å². The summed E-state index contributed by atoms with van der Waals surface area (Å²) in [5.41, 5.74) is 2.94. The van der Waals surface area contributed by atoms with E-state index in [1.54, 1.807) is 39.9 Å². The Hall–Kier alpha value is -3.61. The lowest BCUT2D eigenvalue weighted by atomic mass is 9.85. The molecule has 0 fully saturated rings. The SMILES string of the molecule is CC(=O)NC1=C(c2cc3n(n2)C(C)CN(Cc2ccc(C#N)cc2)C3=O)CCC(C(F)(F)F)C1. The maximum atomic E-state index is 13.3. The molecule has 2 aromatic rings. The Balaban J connectivity index is 1.63. The molecule has 2 heterocycles. The Bertz CT molecular complexity index is 1190. The van der Waals surface area contributed by atoms with Crippen LogP contribution in [0.2, 0.25) is 0 Å². The Morgan fingerprint density at radius 3 is 2.62 bits per heavy atom. The number of carbonyl (C=O) groups is 2. The lowest BCUT2D eigenvalue weighted by Crippen LogP contribution is -2.41. The molecule has 2 amide bonds. The number of benzene rings is 1. The second-order valence-electron chi connectivity index (χ2n) is 8.82. The van der Waals surface area contributed by atoms with Crippen LogP contribution in [0.1, 0.15) is 66.5 Å². The van der Waals surface area contributed by atoms with Gasteiger partial charge < -0.3 is 10.2 Å². The lowest BCUT2D eigenvalue weighted by molar-refractivity contribution is -0.176. The van der Waals surface area contributed by atoms with Crippen molar-refractivity contribution in [2.24, 2.45) is 5.92 Å². The molecule has 4 rings (SSSR count). The average molecular weight is 471 g/mol. The van der Waals surface area contributed by atoms with Crippen molar-refractivity contribution in [3.05, 3.63) is 58.5 Å². The topological polar surface area (TPSA) is 91.0 Å². The summed E-state index contributed by atoms with van der Waals surface area (Å²) in [5.74, 6) is -2.21. The standard InChI is InChI=1S/C24H24F3N5O2/c1-14-12-31(13-17-5-3-16(11-28)4-6-17)23(34)22-10-21(30-32(14)22)19-8-7-18(24(25,26)27)9-20(19)29-15(2)33/h3-6,10,14,18H,7-9,12-13H2,1-2H3,(H,29,33). The largest absolute Gasteiger partial charge is 0.392 e. The zero-order valence-corrected chi connectivity index (χ0v) is 18.8. The Kier molecular flexibility index (Phi) is 6.21. The van der Waals surface area contributed by atoms with Gasteiger partial charge in [-0.2, -0.15) is 23.5 Å². The number of rotatable bonds is 4. The summed E-state index contributed by atoms with van der Waals surface area (Å²) in [4.78, 5) is 26.6. The molecular formula is C24H24F3N5O2. The second kappa shape index (κ2) is 8.97. The quantitative estimate of drug-likeness (QED) is 0.724. The van der Waals surface area contributed by atoms with Gasteiger partial charge in [0.05, 0.1) is 29.3 Å². The van der Waals surface area contributed by atoms with Crippen molar-refractivity contribution in [3.8, 4) is 6.07 Å². The molecule has 1 aromatic heterocycles. The highest BCUT2D eigenvalue weighted by Crippen LogP contribution is 2.42. The number of carbonyl (C=O) groups excluding carboxylic acids is 2. The molecule has 0 saturated heterocycles. The number of nitriles is 1. The summed E-state index contributed by atoms with van der Waals surface area (Å²) in [6.45, 7) is 3.96. The van der Waals surface area contributed by atoms with Gasteiger partial charge in [-0.15, -0.1) is 0 Å². The molecule has 0 radical (unpaired) electrons. The van der Waals surface area contributed by atoms with Crippen molar-refractivity contribution in [3.63, 3.8) is 0 Å². The van der Waals surface area contributed by atoms with Crippen molar-refractivity contribution in [1.29, 1.82) is 5.26 Å². The van der Waals surface area contributed by atoms with Gasteiger partial charge in [0, 0.05) is 25.7 Å². The van der Waals surface area contributed by atoms with Crippen molar-refractivity contribution in [2.45, 2.75) is 51.9 Å². The molecular weight excluding hydrogens is 447 g/mol. The number of hydrogen-bond donors (Lipinski definition) is 1.